The molecular weight excluding hydrogens is 512 g/mol. The fourth-order valence-electron chi connectivity index (χ4n) is 4.17. The zero-order valence-corrected chi connectivity index (χ0v) is 23.0. The molecule has 0 saturated heterocycles. The van der Waals surface area contributed by atoms with E-state index in [0.717, 1.165) is 38.6 Å². The average molecular weight is 545 g/mol. The van der Waals surface area contributed by atoms with Crippen molar-refractivity contribution in [2.24, 2.45) is 0 Å². The van der Waals surface area contributed by atoms with Crippen molar-refractivity contribution in [2.75, 3.05) is 20.3 Å². The lowest BCUT2D eigenvalue weighted by Crippen LogP contribution is -2.37. The number of benzene rings is 3. The lowest BCUT2D eigenvalue weighted by molar-refractivity contribution is -0.138. The van der Waals surface area contributed by atoms with Crippen LogP contribution in [-0.2, 0) is 17.8 Å². The highest BCUT2D eigenvalue weighted by Gasteiger charge is 2.20. The molecule has 3 aromatic carbocycles. The van der Waals surface area contributed by atoms with Gasteiger partial charge in [-0.25, -0.2) is 9.78 Å². The van der Waals surface area contributed by atoms with Crippen LogP contribution in [0.25, 0.3) is 11.5 Å². The Balaban J connectivity index is 1.36. The van der Waals surface area contributed by atoms with E-state index in [1.54, 1.807) is 30.3 Å². The number of aromatic nitrogens is 1. The number of amides is 1. The van der Waals surface area contributed by atoms with Crippen LogP contribution in [0, 0.1) is 20.8 Å². The molecule has 0 fully saturated rings. The first kappa shape index (κ1) is 28.2. The van der Waals surface area contributed by atoms with Crippen molar-refractivity contribution in [1.82, 2.24) is 9.88 Å². The van der Waals surface area contributed by atoms with E-state index in [9.17, 15) is 14.7 Å². The molecule has 4 aromatic rings. The van der Waals surface area contributed by atoms with Gasteiger partial charge in [-0.15, -0.1) is 0 Å². The topological polar surface area (TPSA) is 111 Å². The van der Waals surface area contributed by atoms with Gasteiger partial charge in [-0.3, -0.25) is 9.69 Å². The van der Waals surface area contributed by atoms with Gasteiger partial charge in [0, 0.05) is 18.5 Å². The Bertz CT molecular complexity index is 1480. The molecule has 208 valence electrons. The third-order valence-corrected chi connectivity index (χ3v) is 6.22. The average Bonchev–Trinajstić information content (AvgIpc) is 3.30. The fourth-order valence-corrected chi connectivity index (χ4v) is 4.17. The largest absolute Gasteiger partial charge is 0.497 e. The number of aliphatic carboxylic acids is 1. The zero-order valence-electron chi connectivity index (χ0n) is 23.0. The maximum atomic E-state index is 12.7. The van der Waals surface area contributed by atoms with Crippen molar-refractivity contribution in [3.63, 3.8) is 0 Å². The number of hydrogen-bond acceptors (Lipinski definition) is 7. The van der Waals surface area contributed by atoms with E-state index >= 15 is 0 Å². The molecule has 0 aliphatic carbocycles. The normalized spacial score (nSPS) is 10.7. The second kappa shape index (κ2) is 12.8. The fraction of sp³-hybridized carbons (Fsp3) is 0.258. The number of carbonyl (C=O) groups is 2. The van der Waals surface area contributed by atoms with Gasteiger partial charge >= 0.3 is 12.1 Å². The molecule has 0 unspecified atom stereocenters. The van der Waals surface area contributed by atoms with Crippen molar-refractivity contribution in [2.45, 2.75) is 33.7 Å². The van der Waals surface area contributed by atoms with Crippen LogP contribution in [0.3, 0.4) is 0 Å². The van der Waals surface area contributed by atoms with E-state index in [1.165, 1.54) is 7.11 Å². The molecular formula is C31H32N2O7. The summed E-state index contributed by atoms with van der Waals surface area (Å²) in [5, 5.41) is 9.34. The molecule has 1 N–H and O–H groups in total. The predicted octanol–water partition coefficient (Wildman–Crippen LogP) is 5.98. The molecule has 0 spiro atoms. The van der Waals surface area contributed by atoms with Gasteiger partial charge in [0.15, 0.2) is 0 Å². The van der Waals surface area contributed by atoms with Gasteiger partial charge in [0.25, 0.3) is 0 Å². The number of aryl methyl sites for hydroxylation is 3. The van der Waals surface area contributed by atoms with Crippen LogP contribution in [-0.4, -0.2) is 47.3 Å². The van der Waals surface area contributed by atoms with Gasteiger partial charge in [-0.1, -0.05) is 29.8 Å². The van der Waals surface area contributed by atoms with E-state index in [1.807, 2.05) is 57.2 Å². The molecule has 40 heavy (non-hydrogen) atoms. The van der Waals surface area contributed by atoms with Crippen LogP contribution >= 0.6 is 0 Å². The molecule has 0 atom stereocenters. The van der Waals surface area contributed by atoms with Crippen molar-refractivity contribution >= 4 is 12.1 Å². The number of carbonyl (C=O) groups excluding carboxylic acids is 1. The molecule has 1 heterocycles. The molecule has 0 radical (unpaired) electrons. The number of hydrogen-bond donors (Lipinski definition) is 1. The smallest absolute Gasteiger partial charge is 0.416 e. The van der Waals surface area contributed by atoms with Gasteiger partial charge in [-0.2, -0.15) is 0 Å². The van der Waals surface area contributed by atoms with Crippen LogP contribution in [0.1, 0.15) is 28.1 Å². The SMILES string of the molecule is COc1ccc(OC(=O)N(CC(=O)O)Cc2ccc(OCCc3nc(-c4cccc(C)c4)oc3C)c(C)c2)cc1. The van der Waals surface area contributed by atoms with Crippen LogP contribution in [0.4, 0.5) is 4.79 Å². The number of nitrogens with zero attached hydrogens (tertiary/aromatic N) is 2. The Morgan fingerprint density at radius 1 is 0.975 bits per heavy atom. The lowest BCUT2D eigenvalue weighted by Gasteiger charge is -2.21. The summed E-state index contributed by atoms with van der Waals surface area (Å²) in [5.74, 6) is 1.80. The summed E-state index contributed by atoms with van der Waals surface area (Å²) in [7, 11) is 1.54. The number of carboxylic acids is 1. The second-order valence-electron chi connectivity index (χ2n) is 9.38. The molecule has 0 aliphatic rings. The standard InChI is InChI=1S/C31H32N2O7/c1-20-6-5-7-24(16-20)30-32-27(22(3)39-30)14-15-38-28-13-8-23(17-21(28)2)18-33(19-29(34)35)31(36)40-26-11-9-25(37-4)10-12-26/h5-13,16-17H,14-15,18-19H2,1-4H3,(H,34,35). The Morgan fingerprint density at radius 3 is 2.40 bits per heavy atom. The van der Waals surface area contributed by atoms with Crippen molar-refractivity contribution in [3.05, 3.63) is 94.9 Å². The number of rotatable bonds is 11. The maximum absolute atomic E-state index is 12.7. The summed E-state index contributed by atoms with van der Waals surface area (Å²) < 4.78 is 22.4. The molecule has 0 aliphatic heterocycles. The summed E-state index contributed by atoms with van der Waals surface area (Å²) in [6.07, 6.45) is -0.190. The van der Waals surface area contributed by atoms with Crippen LogP contribution < -0.4 is 14.2 Å². The third-order valence-electron chi connectivity index (χ3n) is 6.22. The van der Waals surface area contributed by atoms with Crippen molar-refractivity contribution < 1.29 is 33.3 Å². The highest BCUT2D eigenvalue weighted by Crippen LogP contribution is 2.25. The highest BCUT2D eigenvalue weighted by atomic mass is 16.6. The Kier molecular flexibility index (Phi) is 9.06. The van der Waals surface area contributed by atoms with Gasteiger partial charge in [0.05, 0.1) is 19.4 Å². The molecule has 0 saturated carbocycles. The first-order valence-electron chi connectivity index (χ1n) is 12.8. The number of ether oxygens (including phenoxy) is 3. The highest BCUT2D eigenvalue weighted by molar-refractivity contribution is 5.78. The molecule has 0 bridgehead atoms. The molecule has 9 heteroatoms. The van der Waals surface area contributed by atoms with E-state index in [0.29, 0.717) is 30.4 Å². The van der Waals surface area contributed by atoms with E-state index in [4.69, 9.17) is 18.6 Å². The zero-order chi connectivity index (χ0) is 28.6. The Morgan fingerprint density at radius 2 is 1.73 bits per heavy atom. The van der Waals surface area contributed by atoms with E-state index < -0.39 is 18.6 Å². The minimum absolute atomic E-state index is 0.0578. The van der Waals surface area contributed by atoms with Crippen LogP contribution in [0.5, 0.6) is 17.2 Å². The van der Waals surface area contributed by atoms with Gasteiger partial charge in [-0.05, 0) is 74.4 Å². The Hall–Kier alpha value is -4.79. The molecule has 1 aromatic heterocycles. The first-order chi connectivity index (χ1) is 19.2. The summed E-state index contributed by atoms with van der Waals surface area (Å²) in [4.78, 5) is 29.9. The maximum Gasteiger partial charge on any atom is 0.416 e. The second-order valence-corrected chi connectivity index (χ2v) is 9.38. The van der Waals surface area contributed by atoms with Crippen LogP contribution in [0.15, 0.2) is 71.1 Å². The van der Waals surface area contributed by atoms with Gasteiger partial charge < -0.3 is 23.7 Å². The summed E-state index contributed by atoms with van der Waals surface area (Å²) >= 11 is 0. The lowest BCUT2D eigenvalue weighted by atomic mass is 10.1. The molecule has 9 nitrogen and oxygen atoms in total. The third kappa shape index (κ3) is 7.41. The molecule has 4 rings (SSSR count). The van der Waals surface area contributed by atoms with Crippen molar-refractivity contribution in [1.29, 1.82) is 0 Å². The number of methoxy groups -OCH3 is 1. The minimum atomic E-state index is -1.14. The monoisotopic (exact) mass is 544 g/mol. The van der Waals surface area contributed by atoms with Gasteiger partial charge in [0.2, 0.25) is 5.89 Å². The number of carboxylic acid groups (broad SMARTS) is 1. The van der Waals surface area contributed by atoms with Crippen LogP contribution in [0.2, 0.25) is 0 Å². The number of oxazole rings is 1. The van der Waals surface area contributed by atoms with E-state index in [2.05, 4.69) is 4.98 Å². The van der Waals surface area contributed by atoms with Crippen molar-refractivity contribution in [3.8, 4) is 28.7 Å². The first-order valence-corrected chi connectivity index (χ1v) is 12.8. The summed E-state index contributed by atoms with van der Waals surface area (Å²) in [6, 6.07) is 19.9. The summed E-state index contributed by atoms with van der Waals surface area (Å²) in [5.41, 5.74) is 4.51. The predicted molar refractivity (Wildman–Crippen MR) is 149 cm³/mol. The minimum Gasteiger partial charge on any atom is -0.497 e. The van der Waals surface area contributed by atoms with E-state index in [-0.39, 0.29) is 12.3 Å². The molecule has 1 amide bonds. The quantitative estimate of drug-likeness (QED) is 0.245. The summed E-state index contributed by atoms with van der Waals surface area (Å²) in [6.45, 7) is 5.77. The van der Waals surface area contributed by atoms with Gasteiger partial charge in [0.1, 0.15) is 29.6 Å². The Labute approximate surface area is 232 Å².